The highest BCUT2D eigenvalue weighted by atomic mass is 31.1. The molecule has 0 aromatic heterocycles. The van der Waals surface area contributed by atoms with Crippen LogP contribution in [0.3, 0.4) is 0 Å². The van der Waals surface area contributed by atoms with E-state index < -0.39 is 7.92 Å². The summed E-state index contributed by atoms with van der Waals surface area (Å²) < 4.78 is 0. The van der Waals surface area contributed by atoms with Gasteiger partial charge in [0.15, 0.2) is 0 Å². The largest absolute Gasteiger partial charge is 0.0698 e. The first-order chi connectivity index (χ1) is 14.9. The van der Waals surface area contributed by atoms with Crippen molar-refractivity contribution in [2.24, 2.45) is 0 Å². The van der Waals surface area contributed by atoms with Gasteiger partial charge in [-0.15, -0.1) is 0 Å². The Labute approximate surface area is 189 Å². The lowest BCUT2D eigenvalue weighted by atomic mass is 9.82. The number of hydrogen-bond donors (Lipinski definition) is 0. The average molecular weight is 425 g/mol. The molecule has 0 atom stereocenters. The molecule has 0 aliphatic heterocycles. The summed E-state index contributed by atoms with van der Waals surface area (Å²) >= 11 is 0. The van der Waals surface area contributed by atoms with Crippen LogP contribution in [0.4, 0.5) is 0 Å². The molecule has 0 radical (unpaired) electrons. The van der Waals surface area contributed by atoms with Crippen LogP contribution in [0.1, 0.15) is 55.9 Å². The van der Waals surface area contributed by atoms with Gasteiger partial charge in [0.25, 0.3) is 0 Å². The highest BCUT2D eigenvalue weighted by Crippen LogP contribution is 2.43. The van der Waals surface area contributed by atoms with Crippen LogP contribution in [0, 0.1) is 20.8 Å². The first-order valence-electron chi connectivity index (χ1n) is 11.3. The number of benzene rings is 3. The summed E-state index contributed by atoms with van der Waals surface area (Å²) in [6.45, 7) is 13.8. The third-order valence-electron chi connectivity index (χ3n) is 7.12. The Kier molecular flexibility index (Phi) is 6.31. The fourth-order valence-electron chi connectivity index (χ4n) is 4.75. The van der Waals surface area contributed by atoms with Crippen LogP contribution in [-0.2, 0) is 0 Å². The molecule has 3 aromatic carbocycles. The molecule has 158 valence electrons. The van der Waals surface area contributed by atoms with Crippen molar-refractivity contribution in [1.29, 1.82) is 0 Å². The van der Waals surface area contributed by atoms with E-state index in [1.165, 1.54) is 61.3 Å². The predicted octanol–water partition coefficient (Wildman–Crippen LogP) is 7.27. The van der Waals surface area contributed by atoms with Crippen molar-refractivity contribution < 1.29 is 0 Å². The smallest absolute Gasteiger partial charge is 0.00703 e. The minimum atomic E-state index is -0.631. The Morgan fingerprint density at radius 3 is 1.71 bits per heavy atom. The molecule has 1 aliphatic rings. The van der Waals surface area contributed by atoms with Gasteiger partial charge in [-0.1, -0.05) is 72.3 Å². The fraction of sp³-hybridized carbons (Fsp3) is 0.267. The molecule has 0 nitrogen and oxygen atoms in total. The molecule has 1 aliphatic carbocycles. The van der Waals surface area contributed by atoms with Crippen molar-refractivity contribution in [3.05, 3.63) is 106 Å². The maximum Gasteiger partial charge on any atom is -0.00703 e. The second kappa shape index (κ2) is 8.97. The quantitative estimate of drug-likeness (QED) is 0.386. The molecule has 0 amide bonds. The topological polar surface area (TPSA) is 0 Å². The van der Waals surface area contributed by atoms with Crippen molar-refractivity contribution in [2.75, 3.05) is 0 Å². The van der Waals surface area contributed by atoms with Gasteiger partial charge >= 0.3 is 0 Å². The van der Waals surface area contributed by atoms with Gasteiger partial charge in [0.05, 0.1) is 0 Å². The Morgan fingerprint density at radius 2 is 1.16 bits per heavy atom. The van der Waals surface area contributed by atoms with E-state index in [0.29, 0.717) is 0 Å². The Hall–Kier alpha value is -2.43. The molecular formula is C30H33P. The second-order valence-electron chi connectivity index (χ2n) is 8.85. The van der Waals surface area contributed by atoms with E-state index >= 15 is 0 Å². The van der Waals surface area contributed by atoms with E-state index in [4.69, 9.17) is 0 Å². The highest BCUT2D eigenvalue weighted by Gasteiger charge is 2.26. The van der Waals surface area contributed by atoms with Crippen LogP contribution in [0.5, 0.6) is 0 Å². The lowest BCUT2D eigenvalue weighted by molar-refractivity contribution is 0.933. The van der Waals surface area contributed by atoms with Crippen molar-refractivity contribution in [1.82, 2.24) is 0 Å². The molecule has 4 rings (SSSR count). The van der Waals surface area contributed by atoms with E-state index in [2.05, 4.69) is 108 Å². The minimum absolute atomic E-state index is 0.631. The Bertz CT molecular complexity index is 1120. The molecular weight excluding hydrogens is 391 g/mol. The van der Waals surface area contributed by atoms with Crippen molar-refractivity contribution in [3.63, 3.8) is 0 Å². The summed E-state index contributed by atoms with van der Waals surface area (Å²) in [6, 6.07) is 24.7. The van der Waals surface area contributed by atoms with Crippen LogP contribution >= 0.6 is 7.92 Å². The normalized spacial score (nSPS) is 14.5. The zero-order chi connectivity index (χ0) is 22.1. The van der Waals surface area contributed by atoms with Crippen molar-refractivity contribution in [2.45, 2.75) is 54.4 Å². The summed E-state index contributed by atoms with van der Waals surface area (Å²) in [5, 5.41) is 4.35. The van der Waals surface area contributed by atoms with Gasteiger partial charge in [-0.2, -0.15) is 0 Å². The summed E-state index contributed by atoms with van der Waals surface area (Å²) in [5.74, 6) is 0. The fourth-order valence-corrected chi connectivity index (χ4v) is 7.39. The molecule has 0 unspecified atom stereocenters. The molecule has 0 N–H and O–H groups in total. The second-order valence-corrected chi connectivity index (χ2v) is 11.0. The van der Waals surface area contributed by atoms with E-state index in [1.54, 1.807) is 5.57 Å². The van der Waals surface area contributed by atoms with E-state index in [9.17, 15) is 0 Å². The molecule has 1 heteroatoms. The van der Waals surface area contributed by atoms with Crippen LogP contribution in [-0.4, -0.2) is 0 Å². The minimum Gasteiger partial charge on any atom is -0.0698 e. The SMILES string of the molecule is CC1=C(C)C(C)=C(c2c(P(c3ccccc3)c3ccccc3)cc(C)c(C)c2C)CC1. The van der Waals surface area contributed by atoms with E-state index in [0.717, 1.165) is 6.42 Å². The number of hydrogen-bond acceptors (Lipinski definition) is 0. The maximum atomic E-state index is 2.49. The summed E-state index contributed by atoms with van der Waals surface area (Å²) in [5.41, 5.74) is 11.8. The molecule has 0 fully saturated rings. The van der Waals surface area contributed by atoms with Gasteiger partial charge in [0.1, 0.15) is 0 Å². The van der Waals surface area contributed by atoms with Gasteiger partial charge < -0.3 is 0 Å². The third kappa shape index (κ3) is 4.07. The monoisotopic (exact) mass is 424 g/mol. The molecule has 0 saturated carbocycles. The molecule has 31 heavy (non-hydrogen) atoms. The van der Waals surface area contributed by atoms with Crippen LogP contribution in [0.25, 0.3) is 5.57 Å². The summed E-state index contributed by atoms with van der Waals surface area (Å²) in [7, 11) is -0.631. The molecule has 3 aromatic rings. The standard InChI is InChI=1S/C30H33P/c1-20-17-18-28(24(5)22(20)3)30-25(6)23(4)21(2)19-29(30)31(26-13-9-7-10-14-26)27-15-11-8-12-16-27/h7-16,19H,17-18H2,1-6H3. The third-order valence-corrected chi connectivity index (χ3v) is 9.58. The maximum absolute atomic E-state index is 2.49. The van der Waals surface area contributed by atoms with Gasteiger partial charge in [-0.25, -0.2) is 0 Å². The molecule has 0 heterocycles. The number of allylic oxidation sites excluding steroid dienone is 4. The average Bonchev–Trinajstić information content (AvgIpc) is 2.79. The number of aryl methyl sites for hydroxylation is 1. The zero-order valence-electron chi connectivity index (χ0n) is 19.7. The lowest BCUT2D eigenvalue weighted by Gasteiger charge is -2.30. The molecule has 0 saturated heterocycles. The zero-order valence-corrected chi connectivity index (χ0v) is 20.6. The van der Waals surface area contributed by atoms with Crippen LogP contribution < -0.4 is 15.9 Å². The van der Waals surface area contributed by atoms with Crippen molar-refractivity contribution in [3.8, 4) is 0 Å². The Balaban J connectivity index is 2.06. The lowest BCUT2D eigenvalue weighted by Crippen LogP contribution is -2.25. The van der Waals surface area contributed by atoms with E-state index in [-0.39, 0.29) is 0 Å². The first-order valence-corrected chi connectivity index (χ1v) is 12.6. The first kappa shape index (κ1) is 21.8. The highest BCUT2D eigenvalue weighted by molar-refractivity contribution is 7.80. The van der Waals surface area contributed by atoms with E-state index in [1.807, 2.05) is 0 Å². The molecule has 0 spiro atoms. The van der Waals surface area contributed by atoms with Crippen LogP contribution in [0.2, 0.25) is 0 Å². The van der Waals surface area contributed by atoms with Gasteiger partial charge in [0.2, 0.25) is 0 Å². The number of rotatable bonds is 4. The molecule has 0 bridgehead atoms. The van der Waals surface area contributed by atoms with Gasteiger partial charge in [-0.3, -0.25) is 0 Å². The van der Waals surface area contributed by atoms with Gasteiger partial charge in [0, 0.05) is 0 Å². The summed E-state index contributed by atoms with van der Waals surface area (Å²) in [6.07, 6.45) is 2.30. The van der Waals surface area contributed by atoms with Crippen LogP contribution in [0.15, 0.2) is 83.4 Å². The van der Waals surface area contributed by atoms with Crippen molar-refractivity contribution >= 4 is 29.4 Å². The summed E-state index contributed by atoms with van der Waals surface area (Å²) in [4.78, 5) is 0. The van der Waals surface area contributed by atoms with Gasteiger partial charge in [-0.05, 0) is 117 Å². The predicted molar refractivity (Wildman–Crippen MR) is 140 cm³/mol. The Morgan fingerprint density at radius 1 is 0.613 bits per heavy atom.